The second kappa shape index (κ2) is 8.23. The van der Waals surface area contributed by atoms with E-state index >= 15 is 0 Å². The van der Waals surface area contributed by atoms with Gasteiger partial charge in [0, 0.05) is 24.5 Å². The number of carbonyl (C=O) groups is 2. The zero-order valence-electron chi connectivity index (χ0n) is 20.7. The highest BCUT2D eigenvalue weighted by atomic mass is 16.6. The van der Waals surface area contributed by atoms with E-state index < -0.39 is 23.8 Å². The van der Waals surface area contributed by atoms with E-state index in [0.29, 0.717) is 29.2 Å². The molecule has 0 bridgehead atoms. The van der Waals surface area contributed by atoms with Crippen LogP contribution in [0.1, 0.15) is 79.6 Å². The summed E-state index contributed by atoms with van der Waals surface area (Å²) in [6.45, 7) is 10.9. The van der Waals surface area contributed by atoms with Crippen molar-refractivity contribution in [1.82, 2.24) is 0 Å². The van der Waals surface area contributed by atoms with Gasteiger partial charge in [-0.3, -0.25) is 4.79 Å². The normalized spacial score (nSPS) is 44.6. The highest BCUT2D eigenvalue weighted by Crippen LogP contribution is 2.69. The first-order valence-electron chi connectivity index (χ1n) is 12.5. The summed E-state index contributed by atoms with van der Waals surface area (Å²) in [6.07, 6.45) is 10.9. The van der Waals surface area contributed by atoms with Crippen LogP contribution in [0.15, 0.2) is 23.8 Å². The molecule has 6 nitrogen and oxygen atoms in total. The quantitative estimate of drug-likeness (QED) is 0.608. The number of aliphatic hydroxyl groups is 2. The Morgan fingerprint density at radius 3 is 2.45 bits per heavy atom. The molecule has 3 aliphatic carbocycles. The molecule has 3 saturated carbocycles. The van der Waals surface area contributed by atoms with E-state index in [2.05, 4.69) is 27.7 Å². The lowest BCUT2D eigenvalue weighted by Gasteiger charge is -2.67. The van der Waals surface area contributed by atoms with Crippen molar-refractivity contribution in [3.05, 3.63) is 23.8 Å². The number of rotatable bonds is 4. The minimum Gasteiger partial charge on any atom is -0.463 e. The van der Waals surface area contributed by atoms with Crippen molar-refractivity contribution in [3.8, 4) is 0 Å². The molecule has 4 rings (SSSR count). The molecule has 6 heteroatoms. The predicted octanol–water partition coefficient (Wildman–Crippen LogP) is 4.30. The molecule has 0 amide bonds. The summed E-state index contributed by atoms with van der Waals surface area (Å²) in [4.78, 5) is 23.2. The molecular weight excluding hydrogens is 420 g/mol. The van der Waals surface area contributed by atoms with Crippen LogP contribution in [0.5, 0.6) is 0 Å². The maximum absolute atomic E-state index is 11.8. The summed E-state index contributed by atoms with van der Waals surface area (Å²) >= 11 is 0. The fourth-order valence-corrected chi connectivity index (χ4v) is 8.43. The van der Waals surface area contributed by atoms with Gasteiger partial charge in [-0.1, -0.05) is 46.3 Å². The van der Waals surface area contributed by atoms with Gasteiger partial charge in [0.2, 0.25) is 6.29 Å². The molecular formula is C27H40O6. The lowest BCUT2D eigenvalue weighted by Crippen LogP contribution is -2.63. The van der Waals surface area contributed by atoms with Crippen LogP contribution >= 0.6 is 0 Å². The topological polar surface area (TPSA) is 93.1 Å². The van der Waals surface area contributed by atoms with Gasteiger partial charge in [0.25, 0.3) is 0 Å². The number of aliphatic hydroxyl groups excluding tert-OH is 1. The zero-order chi connectivity index (χ0) is 24.2. The maximum Gasteiger partial charge on any atom is 0.333 e. The fourth-order valence-electron chi connectivity index (χ4n) is 8.43. The number of esters is 2. The summed E-state index contributed by atoms with van der Waals surface area (Å²) in [5.41, 5.74) is -0.511. The summed E-state index contributed by atoms with van der Waals surface area (Å²) < 4.78 is 10.2. The fraction of sp³-hybridized carbons (Fsp3) is 0.778. The maximum atomic E-state index is 11.8. The van der Waals surface area contributed by atoms with Crippen molar-refractivity contribution < 1.29 is 29.3 Å². The Morgan fingerprint density at radius 1 is 1.12 bits per heavy atom. The van der Waals surface area contributed by atoms with Crippen LogP contribution in [0.2, 0.25) is 0 Å². The van der Waals surface area contributed by atoms with Gasteiger partial charge in [-0.2, -0.15) is 0 Å². The second-order valence-corrected chi connectivity index (χ2v) is 12.2. The summed E-state index contributed by atoms with van der Waals surface area (Å²) in [6, 6.07) is 0. The Kier molecular flexibility index (Phi) is 6.10. The molecule has 1 heterocycles. The van der Waals surface area contributed by atoms with Gasteiger partial charge < -0.3 is 19.7 Å². The molecule has 0 aromatic rings. The first kappa shape index (κ1) is 24.5. The summed E-state index contributed by atoms with van der Waals surface area (Å²) in [7, 11) is 0. The van der Waals surface area contributed by atoms with E-state index in [1.165, 1.54) is 32.3 Å². The van der Waals surface area contributed by atoms with Gasteiger partial charge in [-0.25, -0.2) is 4.79 Å². The van der Waals surface area contributed by atoms with Crippen molar-refractivity contribution in [2.45, 2.75) is 91.5 Å². The Morgan fingerprint density at radius 2 is 1.82 bits per heavy atom. The minimum absolute atomic E-state index is 0.0533. The van der Waals surface area contributed by atoms with E-state index in [1.807, 2.05) is 6.08 Å². The monoisotopic (exact) mass is 460 g/mol. The van der Waals surface area contributed by atoms with Crippen molar-refractivity contribution in [1.29, 1.82) is 0 Å². The van der Waals surface area contributed by atoms with E-state index in [4.69, 9.17) is 9.47 Å². The van der Waals surface area contributed by atoms with Crippen molar-refractivity contribution >= 4 is 11.9 Å². The Balaban J connectivity index is 1.72. The molecule has 0 unspecified atom stereocenters. The number of fused-ring (bicyclic) bond motifs is 3. The molecule has 3 fully saturated rings. The molecule has 0 radical (unpaired) electrons. The molecule has 0 aromatic heterocycles. The third-order valence-electron chi connectivity index (χ3n) is 9.80. The van der Waals surface area contributed by atoms with Crippen LogP contribution in [0, 0.1) is 34.0 Å². The van der Waals surface area contributed by atoms with E-state index in [0.717, 1.165) is 19.3 Å². The second-order valence-electron chi connectivity index (χ2n) is 12.2. The molecule has 4 aliphatic rings. The number of hydrogen-bond acceptors (Lipinski definition) is 6. The third-order valence-corrected chi connectivity index (χ3v) is 9.80. The van der Waals surface area contributed by atoms with Crippen LogP contribution in [-0.2, 0) is 19.1 Å². The van der Waals surface area contributed by atoms with Crippen LogP contribution < -0.4 is 0 Å². The van der Waals surface area contributed by atoms with Gasteiger partial charge in [0.15, 0.2) is 0 Å². The molecule has 0 saturated heterocycles. The highest BCUT2D eigenvalue weighted by Gasteiger charge is 2.64. The van der Waals surface area contributed by atoms with Crippen LogP contribution in [-0.4, -0.2) is 40.6 Å². The third kappa shape index (κ3) is 4.07. The number of ether oxygens (including phenoxy) is 2. The summed E-state index contributed by atoms with van der Waals surface area (Å²) in [5.74, 6) is -0.185. The van der Waals surface area contributed by atoms with Crippen molar-refractivity contribution in [2.75, 3.05) is 6.61 Å². The van der Waals surface area contributed by atoms with E-state index in [9.17, 15) is 19.8 Å². The molecule has 7 atom stereocenters. The Bertz CT molecular complexity index is 874. The minimum atomic E-state index is -1.28. The lowest BCUT2D eigenvalue weighted by atomic mass is 9.38. The van der Waals surface area contributed by atoms with Gasteiger partial charge >= 0.3 is 11.9 Å². The largest absolute Gasteiger partial charge is 0.463 e. The number of carbonyl (C=O) groups excluding carboxylic acids is 2. The molecule has 2 N–H and O–H groups in total. The van der Waals surface area contributed by atoms with Crippen molar-refractivity contribution in [2.24, 2.45) is 34.0 Å². The first-order chi connectivity index (χ1) is 15.3. The van der Waals surface area contributed by atoms with Crippen LogP contribution in [0.3, 0.4) is 0 Å². The summed E-state index contributed by atoms with van der Waals surface area (Å²) in [5, 5.41) is 21.9. The average Bonchev–Trinajstić information content (AvgIpc) is 3.02. The van der Waals surface area contributed by atoms with Gasteiger partial charge in [0.1, 0.15) is 12.2 Å². The first-order valence-corrected chi connectivity index (χ1v) is 12.5. The molecule has 33 heavy (non-hydrogen) atoms. The highest BCUT2D eigenvalue weighted by molar-refractivity contribution is 5.86. The Hall–Kier alpha value is -1.66. The van der Waals surface area contributed by atoms with Crippen LogP contribution in [0.25, 0.3) is 0 Å². The molecule has 0 aromatic carbocycles. The lowest BCUT2D eigenvalue weighted by molar-refractivity contribution is -0.214. The van der Waals surface area contributed by atoms with Gasteiger partial charge in [-0.05, 0) is 66.6 Å². The zero-order valence-corrected chi connectivity index (χ0v) is 20.7. The smallest absolute Gasteiger partial charge is 0.333 e. The Labute approximate surface area is 197 Å². The standard InChI is InChI=1S/C27H40O6/c1-17(28)32-16-27(31)14-10-20-25(4)12-6-11-24(2,3)19(25)9-13-26(20,5)21(27)8-7-18-15-22(29)33-23(18)30/h7-8,15,19-21,23,30-31H,6,9-14,16H2,1-5H3/b8-7+/t19-,20-,21-,23+,25-,26-,27+/m0/s1. The van der Waals surface area contributed by atoms with Crippen LogP contribution in [0.4, 0.5) is 0 Å². The van der Waals surface area contributed by atoms with Crippen molar-refractivity contribution in [3.63, 3.8) is 0 Å². The van der Waals surface area contributed by atoms with Gasteiger partial charge in [-0.15, -0.1) is 0 Å². The number of hydrogen-bond donors (Lipinski definition) is 2. The molecule has 184 valence electrons. The van der Waals surface area contributed by atoms with E-state index in [1.54, 1.807) is 6.08 Å². The SMILES string of the molecule is CC(=O)OC[C@]1(O)CC[C@@H]2[C@](C)(CC[C@H]3C(C)(C)CCC[C@]23C)[C@@H]1/C=C/C1=CC(=O)O[C@H]1O. The van der Waals surface area contributed by atoms with Gasteiger partial charge in [0.05, 0.1) is 0 Å². The molecule has 1 aliphatic heterocycles. The molecule has 0 spiro atoms. The average molecular weight is 461 g/mol. The number of cyclic esters (lactones) is 1. The predicted molar refractivity (Wildman–Crippen MR) is 124 cm³/mol. The van der Waals surface area contributed by atoms with E-state index in [-0.39, 0.29) is 23.4 Å².